The molecule has 0 radical (unpaired) electrons. The van der Waals surface area contributed by atoms with E-state index in [4.69, 9.17) is 18.9 Å². The summed E-state index contributed by atoms with van der Waals surface area (Å²) in [6.45, 7) is 8.75. The Bertz CT molecular complexity index is 1860. The minimum Gasteiger partial charge on any atom is -0.504 e. The fourth-order valence-corrected chi connectivity index (χ4v) is 5.36. The van der Waals surface area contributed by atoms with Crippen LogP contribution < -0.4 is 25.3 Å². The number of para-hydroxylation sites is 2. The van der Waals surface area contributed by atoms with Gasteiger partial charge in [0.2, 0.25) is 11.5 Å². The van der Waals surface area contributed by atoms with Crippen LogP contribution in [0.25, 0.3) is 21.8 Å². The zero-order valence-corrected chi connectivity index (χ0v) is 29.5. The number of hydrogen-bond acceptors (Lipinski definition) is 9. The van der Waals surface area contributed by atoms with Gasteiger partial charge < -0.3 is 38.3 Å². The van der Waals surface area contributed by atoms with Crippen molar-refractivity contribution in [1.29, 1.82) is 0 Å². The molecule has 266 valence electrons. The van der Waals surface area contributed by atoms with Gasteiger partial charge in [0.05, 0.1) is 42.7 Å². The average molecular weight is 679 g/mol. The van der Waals surface area contributed by atoms with E-state index in [1.54, 1.807) is 69.8 Å². The number of nitrogens with zero attached hydrogens (tertiary/aromatic N) is 2. The van der Waals surface area contributed by atoms with Gasteiger partial charge in [0.25, 0.3) is 11.1 Å². The highest BCUT2D eigenvalue weighted by Crippen LogP contribution is 2.36. The zero-order chi connectivity index (χ0) is 35.9. The van der Waals surface area contributed by atoms with Crippen molar-refractivity contribution in [2.45, 2.75) is 79.1 Å². The SMILES string of the molecule is CC=COc1cccc2c(O)c(OCCCCCCCC)c(=O)n(C)c12.CCCCOc1c(O)c2cccc(C(=O)OCC)c2n(C)c1=O. The molecule has 0 fully saturated rings. The number of aromatic hydroxyl groups is 2. The first-order valence-corrected chi connectivity index (χ1v) is 17.0. The van der Waals surface area contributed by atoms with Crippen LogP contribution in [0.1, 0.15) is 89.4 Å². The Hall–Kier alpha value is -4.93. The molecule has 0 unspecified atom stereocenters. The normalized spacial score (nSPS) is 11.1. The second kappa shape index (κ2) is 19.2. The van der Waals surface area contributed by atoms with Gasteiger partial charge in [-0.25, -0.2) is 4.79 Å². The van der Waals surface area contributed by atoms with E-state index in [-0.39, 0.29) is 40.7 Å². The number of aryl methyl sites for hydroxylation is 2. The van der Waals surface area contributed by atoms with Gasteiger partial charge in [-0.3, -0.25) is 9.59 Å². The van der Waals surface area contributed by atoms with Crippen molar-refractivity contribution in [3.8, 4) is 28.7 Å². The smallest absolute Gasteiger partial charge is 0.340 e. The Kier molecular flexibility index (Phi) is 15.1. The van der Waals surface area contributed by atoms with Crippen LogP contribution in [0.2, 0.25) is 0 Å². The van der Waals surface area contributed by atoms with E-state index in [2.05, 4.69) is 6.92 Å². The molecule has 0 spiro atoms. The number of esters is 1. The summed E-state index contributed by atoms with van der Waals surface area (Å²) in [4.78, 5) is 37.2. The third-order valence-electron chi connectivity index (χ3n) is 7.96. The summed E-state index contributed by atoms with van der Waals surface area (Å²) in [5.41, 5.74) is 0.260. The predicted molar refractivity (Wildman–Crippen MR) is 192 cm³/mol. The Labute approximate surface area is 287 Å². The van der Waals surface area contributed by atoms with Crippen LogP contribution in [0.5, 0.6) is 28.7 Å². The third kappa shape index (κ3) is 9.37. The van der Waals surface area contributed by atoms with Gasteiger partial charge in [-0.15, -0.1) is 0 Å². The number of hydrogen-bond donors (Lipinski definition) is 2. The summed E-state index contributed by atoms with van der Waals surface area (Å²) in [5.74, 6) is -0.471. The van der Waals surface area contributed by atoms with E-state index >= 15 is 0 Å². The van der Waals surface area contributed by atoms with Crippen LogP contribution in [-0.2, 0) is 18.8 Å². The lowest BCUT2D eigenvalue weighted by molar-refractivity contribution is 0.0528. The van der Waals surface area contributed by atoms with Gasteiger partial charge in [0.1, 0.15) is 0 Å². The second-order valence-corrected chi connectivity index (χ2v) is 11.6. The summed E-state index contributed by atoms with van der Waals surface area (Å²) in [7, 11) is 3.20. The van der Waals surface area contributed by atoms with Crippen molar-refractivity contribution in [2.75, 3.05) is 19.8 Å². The molecule has 2 aromatic carbocycles. The average Bonchev–Trinajstić information content (AvgIpc) is 3.11. The molecule has 2 aromatic heterocycles. The van der Waals surface area contributed by atoms with Crippen LogP contribution in [0, 0.1) is 0 Å². The molecule has 4 aromatic rings. The fraction of sp³-hybridized carbons (Fsp3) is 0.447. The van der Waals surface area contributed by atoms with Crippen LogP contribution in [0.15, 0.2) is 58.3 Å². The van der Waals surface area contributed by atoms with Gasteiger partial charge in [0.15, 0.2) is 17.2 Å². The van der Waals surface area contributed by atoms with Gasteiger partial charge in [-0.2, -0.15) is 0 Å². The minimum absolute atomic E-state index is 0.0109. The summed E-state index contributed by atoms with van der Waals surface area (Å²) >= 11 is 0. The first-order valence-electron chi connectivity index (χ1n) is 17.0. The Morgan fingerprint density at radius 2 is 1.27 bits per heavy atom. The molecule has 4 rings (SSSR count). The molecule has 0 aliphatic heterocycles. The van der Waals surface area contributed by atoms with Crippen LogP contribution >= 0.6 is 0 Å². The van der Waals surface area contributed by atoms with Crippen molar-refractivity contribution in [1.82, 2.24) is 9.13 Å². The number of pyridine rings is 2. The summed E-state index contributed by atoms with van der Waals surface area (Å²) in [6, 6.07) is 10.1. The molecule has 11 nitrogen and oxygen atoms in total. The fourth-order valence-electron chi connectivity index (χ4n) is 5.36. The number of fused-ring (bicyclic) bond motifs is 2. The maximum Gasteiger partial charge on any atom is 0.340 e. The highest BCUT2D eigenvalue weighted by Gasteiger charge is 2.21. The largest absolute Gasteiger partial charge is 0.504 e. The van der Waals surface area contributed by atoms with Crippen molar-refractivity contribution in [2.24, 2.45) is 14.1 Å². The van der Waals surface area contributed by atoms with Crippen molar-refractivity contribution < 1.29 is 34.0 Å². The maximum absolute atomic E-state index is 12.6. The molecular formula is C38H50N2O9. The van der Waals surface area contributed by atoms with E-state index in [9.17, 15) is 24.6 Å². The Balaban J connectivity index is 0.000000267. The number of rotatable bonds is 16. The highest BCUT2D eigenvalue weighted by molar-refractivity contribution is 6.05. The topological polar surface area (TPSA) is 138 Å². The predicted octanol–water partition coefficient (Wildman–Crippen LogP) is 7.50. The van der Waals surface area contributed by atoms with E-state index in [1.807, 2.05) is 13.8 Å². The van der Waals surface area contributed by atoms with E-state index in [0.717, 1.165) is 25.7 Å². The summed E-state index contributed by atoms with van der Waals surface area (Å²) in [5, 5.41) is 21.9. The highest BCUT2D eigenvalue weighted by atomic mass is 16.5. The third-order valence-corrected chi connectivity index (χ3v) is 7.96. The lowest BCUT2D eigenvalue weighted by Gasteiger charge is -2.15. The Morgan fingerprint density at radius 3 is 1.86 bits per heavy atom. The molecule has 11 heteroatoms. The first kappa shape index (κ1) is 38.5. The molecule has 2 N–H and O–H groups in total. The number of aromatic nitrogens is 2. The lowest BCUT2D eigenvalue weighted by atomic mass is 10.1. The Morgan fingerprint density at radius 1 is 0.735 bits per heavy atom. The molecule has 0 saturated heterocycles. The van der Waals surface area contributed by atoms with Gasteiger partial charge >= 0.3 is 5.97 Å². The van der Waals surface area contributed by atoms with Gasteiger partial charge in [-0.05, 0) is 51.0 Å². The van der Waals surface area contributed by atoms with Crippen LogP contribution in [-0.4, -0.2) is 45.1 Å². The summed E-state index contributed by atoms with van der Waals surface area (Å²) < 4.78 is 24.4. The number of carbonyl (C=O) groups is 1. The molecule has 0 amide bonds. The van der Waals surface area contributed by atoms with Crippen LogP contribution in [0.4, 0.5) is 0 Å². The monoisotopic (exact) mass is 678 g/mol. The number of ether oxygens (including phenoxy) is 4. The number of allylic oxidation sites excluding steroid dienone is 1. The van der Waals surface area contributed by atoms with Crippen molar-refractivity contribution in [3.63, 3.8) is 0 Å². The van der Waals surface area contributed by atoms with Gasteiger partial charge in [-0.1, -0.05) is 70.6 Å². The van der Waals surface area contributed by atoms with Gasteiger partial charge in [0, 0.05) is 24.9 Å². The van der Waals surface area contributed by atoms with Crippen molar-refractivity contribution in [3.05, 3.63) is 75.0 Å². The van der Waals surface area contributed by atoms with E-state index in [0.29, 0.717) is 40.8 Å². The molecule has 0 atom stereocenters. The molecular weight excluding hydrogens is 628 g/mol. The zero-order valence-electron chi connectivity index (χ0n) is 29.5. The number of carbonyl (C=O) groups excluding carboxylic acids is 1. The molecule has 0 saturated carbocycles. The van der Waals surface area contributed by atoms with Crippen molar-refractivity contribution >= 4 is 27.8 Å². The first-order chi connectivity index (χ1) is 23.6. The maximum atomic E-state index is 12.6. The quantitative estimate of drug-likeness (QED) is 0.0701. The van der Waals surface area contributed by atoms with E-state index in [1.165, 1.54) is 34.8 Å². The van der Waals surface area contributed by atoms with Crippen LogP contribution in [0.3, 0.4) is 0 Å². The number of unbranched alkanes of at least 4 members (excludes halogenated alkanes) is 6. The molecule has 0 aliphatic rings. The number of benzene rings is 2. The second-order valence-electron chi connectivity index (χ2n) is 11.6. The standard InChI is InChI=1S/C21H29NO4.C17H21NO5/c1-4-6-7-8-9-10-15-26-20-19(23)16-12-11-13-17(25-14-5-2)18(16)22(3)21(20)24;1-4-6-10-23-15-14(19)11-8-7-9-12(17(21)22-5-2)13(11)18(3)16(15)20/h5,11-14,23H,4,6-10,15H2,1-3H3;7-9,19H,4-6,10H2,1-3H3. The lowest BCUT2D eigenvalue weighted by Crippen LogP contribution is -2.22. The summed E-state index contributed by atoms with van der Waals surface area (Å²) in [6.07, 6.45) is 11.8. The molecule has 0 bridgehead atoms. The van der Waals surface area contributed by atoms with E-state index < -0.39 is 11.5 Å². The minimum atomic E-state index is -0.535. The molecule has 2 heterocycles. The molecule has 0 aliphatic carbocycles. The molecule has 49 heavy (non-hydrogen) atoms.